The summed E-state index contributed by atoms with van der Waals surface area (Å²) >= 11 is 5.68. The molecule has 3 rings (SSSR count). The maximum Gasteiger partial charge on any atom is 0.257 e. The fourth-order valence-corrected chi connectivity index (χ4v) is 2.24. The third-order valence-corrected chi connectivity index (χ3v) is 3.61. The Kier molecular flexibility index (Phi) is 4.90. The van der Waals surface area contributed by atoms with Crippen molar-refractivity contribution in [2.45, 2.75) is 0 Å². The van der Waals surface area contributed by atoms with Gasteiger partial charge in [0.05, 0.1) is 10.6 Å². The Morgan fingerprint density at radius 2 is 1.68 bits per heavy atom. The smallest absolute Gasteiger partial charge is 0.257 e. The van der Waals surface area contributed by atoms with E-state index in [2.05, 4.69) is 15.6 Å². The number of carbonyl (C=O) groups excluding carboxylic acids is 1. The van der Waals surface area contributed by atoms with E-state index in [0.717, 1.165) is 0 Å². The highest BCUT2D eigenvalue weighted by Gasteiger charge is 2.08. The number of benzene rings is 2. The molecule has 7 heteroatoms. The molecule has 0 aliphatic rings. The van der Waals surface area contributed by atoms with Crippen LogP contribution >= 0.6 is 11.6 Å². The van der Waals surface area contributed by atoms with Gasteiger partial charge in [0.2, 0.25) is 0 Å². The van der Waals surface area contributed by atoms with Gasteiger partial charge < -0.3 is 10.6 Å². The Labute approximate surface area is 147 Å². The molecule has 25 heavy (non-hydrogen) atoms. The van der Waals surface area contributed by atoms with Gasteiger partial charge in [0, 0.05) is 17.6 Å². The first-order valence-electron chi connectivity index (χ1n) is 7.26. The van der Waals surface area contributed by atoms with E-state index in [1.807, 2.05) is 0 Å². The lowest BCUT2D eigenvalue weighted by Gasteiger charge is -2.08. The van der Waals surface area contributed by atoms with Crippen molar-refractivity contribution in [1.29, 1.82) is 0 Å². The summed E-state index contributed by atoms with van der Waals surface area (Å²) in [5.74, 6) is -0.777. The molecular weight excluding hydrogens is 348 g/mol. The van der Waals surface area contributed by atoms with Gasteiger partial charge in [0.15, 0.2) is 0 Å². The first-order chi connectivity index (χ1) is 12.0. The molecule has 0 atom stereocenters. The molecule has 1 aromatic heterocycles. The van der Waals surface area contributed by atoms with E-state index in [9.17, 15) is 13.6 Å². The molecule has 0 spiro atoms. The van der Waals surface area contributed by atoms with Gasteiger partial charge in [-0.15, -0.1) is 0 Å². The SMILES string of the molecule is O=C(Nc1ccc(F)c(Cl)c1)c1ccc(Nc2ccc(F)cc2)nc1. The lowest BCUT2D eigenvalue weighted by Crippen LogP contribution is -2.12. The average Bonchev–Trinajstić information content (AvgIpc) is 2.61. The maximum absolute atomic E-state index is 13.1. The zero-order chi connectivity index (χ0) is 17.8. The predicted octanol–water partition coefficient (Wildman–Crippen LogP) is 5.01. The van der Waals surface area contributed by atoms with Crippen LogP contribution in [0, 0.1) is 11.6 Å². The number of halogens is 3. The molecule has 2 aromatic carbocycles. The monoisotopic (exact) mass is 359 g/mol. The van der Waals surface area contributed by atoms with Gasteiger partial charge in [-0.2, -0.15) is 0 Å². The van der Waals surface area contributed by atoms with Gasteiger partial charge in [-0.1, -0.05) is 11.6 Å². The van der Waals surface area contributed by atoms with Gasteiger partial charge in [-0.25, -0.2) is 13.8 Å². The van der Waals surface area contributed by atoms with Crippen LogP contribution in [0.5, 0.6) is 0 Å². The second-order valence-electron chi connectivity index (χ2n) is 5.15. The number of aromatic nitrogens is 1. The summed E-state index contributed by atoms with van der Waals surface area (Å²) in [5, 5.41) is 5.53. The molecule has 0 fully saturated rings. The number of rotatable bonds is 4. The predicted molar refractivity (Wildman–Crippen MR) is 93.3 cm³/mol. The van der Waals surface area contributed by atoms with Crippen molar-refractivity contribution >= 4 is 34.7 Å². The highest BCUT2D eigenvalue weighted by molar-refractivity contribution is 6.31. The third-order valence-electron chi connectivity index (χ3n) is 3.32. The van der Waals surface area contributed by atoms with E-state index in [1.165, 1.54) is 36.5 Å². The van der Waals surface area contributed by atoms with Gasteiger partial charge in [0.1, 0.15) is 17.5 Å². The molecule has 1 heterocycles. The molecule has 126 valence electrons. The number of hydrogen-bond acceptors (Lipinski definition) is 3. The summed E-state index contributed by atoms with van der Waals surface area (Å²) in [6, 6.07) is 12.9. The van der Waals surface area contributed by atoms with Crippen LogP contribution in [0.1, 0.15) is 10.4 Å². The molecule has 0 bridgehead atoms. The highest BCUT2D eigenvalue weighted by atomic mass is 35.5. The fraction of sp³-hybridized carbons (Fsp3) is 0. The summed E-state index contributed by atoms with van der Waals surface area (Å²) in [5.41, 5.74) is 1.38. The standard InChI is InChI=1S/C18H12ClF2N3O/c19-15-9-14(6-7-16(15)21)24-18(25)11-1-8-17(22-10-11)23-13-4-2-12(20)3-5-13/h1-10H,(H,22,23)(H,24,25). The van der Waals surface area contributed by atoms with Crippen molar-refractivity contribution in [1.82, 2.24) is 4.98 Å². The van der Waals surface area contributed by atoms with Crippen molar-refractivity contribution in [3.05, 3.63) is 83.0 Å². The first kappa shape index (κ1) is 16.9. The lowest BCUT2D eigenvalue weighted by molar-refractivity contribution is 0.102. The molecule has 3 aromatic rings. The highest BCUT2D eigenvalue weighted by Crippen LogP contribution is 2.20. The second kappa shape index (κ2) is 7.27. The van der Waals surface area contributed by atoms with E-state index in [0.29, 0.717) is 22.8 Å². The van der Waals surface area contributed by atoms with E-state index >= 15 is 0 Å². The molecule has 4 nitrogen and oxygen atoms in total. The number of amides is 1. The van der Waals surface area contributed by atoms with Crippen LogP contribution in [0.25, 0.3) is 0 Å². The van der Waals surface area contributed by atoms with Gasteiger partial charge >= 0.3 is 0 Å². The first-order valence-corrected chi connectivity index (χ1v) is 7.64. The normalized spacial score (nSPS) is 10.4. The number of hydrogen-bond donors (Lipinski definition) is 2. The molecule has 0 saturated heterocycles. The topological polar surface area (TPSA) is 54.0 Å². The van der Waals surface area contributed by atoms with Crippen LogP contribution in [0.4, 0.5) is 26.0 Å². The number of nitrogens with one attached hydrogen (secondary N) is 2. The van der Waals surface area contributed by atoms with Crippen molar-refractivity contribution in [2.24, 2.45) is 0 Å². The van der Waals surface area contributed by atoms with Crippen molar-refractivity contribution < 1.29 is 13.6 Å². The molecule has 0 radical (unpaired) electrons. The van der Waals surface area contributed by atoms with Crippen LogP contribution < -0.4 is 10.6 Å². The Bertz CT molecular complexity index is 899. The zero-order valence-electron chi connectivity index (χ0n) is 12.8. The largest absolute Gasteiger partial charge is 0.340 e. The Hall–Kier alpha value is -2.99. The average molecular weight is 360 g/mol. The van der Waals surface area contributed by atoms with Crippen LogP contribution in [-0.2, 0) is 0 Å². The molecular formula is C18H12ClF2N3O. The maximum atomic E-state index is 13.1. The minimum Gasteiger partial charge on any atom is -0.340 e. The zero-order valence-corrected chi connectivity index (χ0v) is 13.5. The Balaban J connectivity index is 1.67. The van der Waals surface area contributed by atoms with Crippen LogP contribution in [0.15, 0.2) is 60.8 Å². The molecule has 0 aliphatic heterocycles. The lowest BCUT2D eigenvalue weighted by atomic mass is 10.2. The molecule has 0 aliphatic carbocycles. The van der Waals surface area contributed by atoms with E-state index in [4.69, 9.17) is 11.6 Å². The summed E-state index contributed by atoms with van der Waals surface area (Å²) in [6.07, 6.45) is 1.40. The molecule has 0 unspecified atom stereocenters. The molecule has 2 N–H and O–H groups in total. The van der Waals surface area contributed by atoms with Gasteiger partial charge in [0.25, 0.3) is 5.91 Å². The summed E-state index contributed by atoms with van der Waals surface area (Å²) < 4.78 is 26.0. The van der Waals surface area contributed by atoms with E-state index in [1.54, 1.807) is 24.3 Å². The number of carbonyl (C=O) groups is 1. The third kappa shape index (κ3) is 4.30. The second-order valence-corrected chi connectivity index (χ2v) is 5.55. The summed E-state index contributed by atoms with van der Waals surface area (Å²) in [7, 11) is 0. The van der Waals surface area contributed by atoms with Crippen molar-refractivity contribution in [3.63, 3.8) is 0 Å². The molecule has 1 amide bonds. The van der Waals surface area contributed by atoms with Crippen molar-refractivity contribution in [3.8, 4) is 0 Å². The minimum atomic E-state index is -0.558. The number of pyridine rings is 1. The van der Waals surface area contributed by atoms with Gasteiger partial charge in [-0.3, -0.25) is 4.79 Å². The Morgan fingerprint density at radius 1 is 0.960 bits per heavy atom. The van der Waals surface area contributed by atoms with Crippen LogP contribution in [0.2, 0.25) is 5.02 Å². The van der Waals surface area contributed by atoms with E-state index < -0.39 is 11.7 Å². The quantitative estimate of drug-likeness (QED) is 0.688. The Morgan fingerprint density at radius 3 is 2.32 bits per heavy atom. The van der Waals surface area contributed by atoms with Crippen molar-refractivity contribution in [2.75, 3.05) is 10.6 Å². The van der Waals surface area contributed by atoms with Crippen LogP contribution in [-0.4, -0.2) is 10.9 Å². The number of anilines is 3. The van der Waals surface area contributed by atoms with Gasteiger partial charge in [-0.05, 0) is 54.6 Å². The summed E-state index contributed by atoms with van der Waals surface area (Å²) in [4.78, 5) is 16.3. The molecule has 0 saturated carbocycles. The fourth-order valence-electron chi connectivity index (χ4n) is 2.06. The minimum absolute atomic E-state index is 0.0743. The van der Waals surface area contributed by atoms with Crippen LogP contribution in [0.3, 0.4) is 0 Å². The summed E-state index contributed by atoms with van der Waals surface area (Å²) in [6.45, 7) is 0. The van der Waals surface area contributed by atoms with E-state index in [-0.39, 0.29) is 10.8 Å². The number of nitrogens with zero attached hydrogens (tertiary/aromatic N) is 1.